The Morgan fingerprint density at radius 3 is 2.26 bits per heavy atom. The van der Waals surface area contributed by atoms with Crippen LogP contribution in [0.5, 0.6) is 0 Å². The number of para-hydroxylation sites is 2. The first-order valence-corrected chi connectivity index (χ1v) is 10.7. The monoisotopic (exact) mass is 431 g/mol. The molecule has 0 radical (unpaired) electrons. The maximum absolute atomic E-state index is 13.6. The molecular weight excluding hydrogens is 410 g/mol. The first-order chi connectivity index (χ1) is 14.9. The molecule has 2 aromatic carbocycles. The number of hydrogen-bond acceptors (Lipinski definition) is 4. The summed E-state index contributed by atoms with van der Waals surface area (Å²) >= 11 is 6.06. The molecule has 0 amide bonds. The van der Waals surface area contributed by atoms with E-state index in [1.165, 1.54) is 0 Å². The largest absolute Gasteiger partial charge is 0.304 e. The van der Waals surface area contributed by atoms with Gasteiger partial charge in [0.2, 0.25) is 0 Å². The van der Waals surface area contributed by atoms with E-state index in [9.17, 15) is 4.79 Å². The van der Waals surface area contributed by atoms with Crippen LogP contribution in [0.2, 0.25) is 5.02 Å². The van der Waals surface area contributed by atoms with Crippen molar-refractivity contribution >= 4 is 44.8 Å². The van der Waals surface area contributed by atoms with E-state index in [1.54, 1.807) is 4.57 Å². The van der Waals surface area contributed by atoms with Crippen molar-refractivity contribution in [1.29, 1.82) is 0 Å². The zero-order chi connectivity index (χ0) is 21.7. The molecule has 0 bridgehead atoms. The average Bonchev–Trinajstić information content (AvgIpc) is 3.03. The number of fused-ring (bicyclic) bond motifs is 4. The normalized spacial score (nSPS) is 11.9. The number of aryl methyl sites for hydroxylation is 1. The molecule has 3 aromatic heterocycles. The van der Waals surface area contributed by atoms with Gasteiger partial charge >= 0.3 is 0 Å². The van der Waals surface area contributed by atoms with Gasteiger partial charge in [0.05, 0.1) is 17.6 Å². The third-order valence-corrected chi connectivity index (χ3v) is 5.69. The first kappa shape index (κ1) is 19.7. The van der Waals surface area contributed by atoms with Gasteiger partial charge in [-0.1, -0.05) is 49.7 Å². The van der Waals surface area contributed by atoms with Gasteiger partial charge in [-0.25, -0.2) is 15.0 Å². The van der Waals surface area contributed by atoms with Gasteiger partial charge in [-0.2, -0.15) is 0 Å². The second-order valence-corrected chi connectivity index (χ2v) is 8.70. The molecule has 0 aliphatic rings. The maximum atomic E-state index is 13.6. The summed E-state index contributed by atoms with van der Waals surface area (Å²) in [6, 6.07) is 15.4. The molecule has 5 aromatic rings. The highest BCUT2D eigenvalue weighted by Crippen LogP contribution is 2.26. The molecule has 5 rings (SSSR count). The summed E-state index contributed by atoms with van der Waals surface area (Å²) < 4.78 is 3.73. The van der Waals surface area contributed by atoms with Gasteiger partial charge in [-0.05, 0) is 42.7 Å². The Kier molecular flexibility index (Phi) is 4.74. The Hall–Kier alpha value is -3.25. The highest BCUT2D eigenvalue weighted by atomic mass is 35.5. The fraction of sp³-hybridized carbons (Fsp3) is 0.250. The summed E-state index contributed by atoms with van der Waals surface area (Å²) in [5, 5.41) is 1.20. The summed E-state index contributed by atoms with van der Waals surface area (Å²) in [5.74, 6) is 1.01. The number of aromatic nitrogens is 5. The molecule has 156 valence electrons. The molecule has 31 heavy (non-hydrogen) atoms. The van der Waals surface area contributed by atoms with Gasteiger partial charge < -0.3 is 4.57 Å². The smallest absolute Gasteiger partial charge is 0.265 e. The van der Waals surface area contributed by atoms with Crippen LogP contribution in [0.25, 0.3) is 33.2 Å². The molecule has 0 aliphatic carbocycles. The Bertz CT molecular complexity index is 1500. The Balaban J connectivity index is 1.87. The molecule has 0 N–H and O–H groups in total. The molecule has 6 nitrogen and oxygen atoms in total. The van der Waals surface area contributed by atoms with E-state index in [1.807, 2.05) is 60.0 Å². The lowest BCUT2D eigenvalue weighted by Crippen LogP contribution is -2.26. The highest BCUT2D eigenvalue weighted by Gasteiger charge is 2.21. The Morgan fingerprint density at radius 2 is 1.58 bits per heavy atom. The van der Waals surface area contributed by atoms with Crippen LogP contribution in [0.3, 0.4) is 0 Å². The van der Waals surface area contributed by atoms with Crippen LogP contribution in [0, 0.1) is 12.8 Å². The van der Waals surface area contributed by atoms with Crippen LogP contribution in [0.4, 0.5) is 0 Å². The van der Waals surface area contributed by atoms with Gasteiger partial charge in [0.25, 0.3) is 5.56 Å². The third kappa shape index (κ3) is 3.37. The lowest BCUT2D eigenvalue weighted by Gasteiger charge is -2.12. The van der Waals surface area contributed by atoms with Gasteiger partial charge in [0.1, 0.15) is 16.7 Å². The fourth-order valence-corrected chi connectivity index (χ4v) is 4.12. The van der Waals surface area contributed by atoms with E-state index in [-0.39, 0.29) is 5.56 Å². The quantitative estimate of drug-likeness (QED) is 0.403. The second-order valence-electron chi connectivity index (χ2n) is 8.26. The van der Waals surface area contributed by atoms with Crippen molar-refractivity contribution in [2.24, 2.45) is 5.92 Å². The van der Waals surface area contributed by atoms with Crippen molar-refractivity contribution in [1.82, 2.24) is 24.1 Å². The lowest BCUT2D eigenvalue weighted by molar-refractivity contribution is 0.497. The van der Waals surface area contributed by atoms with E-state index in [2.05, 4.69) is 13.8 Å². The van der Waals surface area contributed by atoms with Crippen molar-refractivity contribution in [3.63, 3.8) is 0 Å². The van der Waals surface area contributed by atoms with Crippen LogP contribution in [-0.2, 0) is 13.1 Å². The Morgan fingerprint density at radius 1 is 0.903 bits per heavy atom. The van der Waals surface area contributed by atoms with Gasteiger partial charge in [-0.3, -0.25) is 9.36 Å². The standard InChI is InChI=1S/C24H22ClN5O/c1-14(2)12-29-15(3)26-22-20(24(29)31)21-23(28-19-7-5-4-6-18(19)27-21)30(22)13-16-8-10-17(25)11-9-16/h4-11,14H,12-13H2,1-3H3. The number of rotatable bonds is 4. The van der Waals surface area contributed by atoms with Crippen molar-refractivity contribution in [3.05, 3.63) is 75.3 Å². The van der Waals surface area contributed by atoms with Crippen LogP contribution < -0.4 is 5.56 Å². The summed E-state index contributed by atoms with van der Waals surface area (Å²) in [6.45, 7) is 7.19. The predicted molar refractivity (Wildman–Crippen MR) is 125 cm³/mol. The molecule has 0 unspecified atom stereocenters. The van der Waals surface area contributed by atoms with Gasteiger partial charge in [0.15, 0.2) is 11.3 Å². The van der Waals surface area contributed by atoms with Gasteiger partial charge in [-0.15, -0.1) is 0 Å². The number of benzene rings is 2. The van der Waals surface area contributed by atoms with Crippen LogP contribution in [-0.4, -0.2) is 24.1 Å². The molecular formula is C24H22ClN5O. The van der Waals surface area contributed by atoms with Crippen molar-refractivity contribution in [2.75, 3.05) is 0 Å². The minimum absolute atomic E-state index is 0.0689. The zero-order valence-electron chi connectivity index (χ0n) is 17.6. The zero-order valence-corrected chi connectivity index (χ0v) is 18.4. The molecule has 0 fully saturated rings. The van der Waals surface area contributed by atoms with E-state index >= 15 is 0 Å². The van der Waals surface area contributed by atoms with Crippen molar-refractivity contribution < 1.29 is 0 Å². The molecule has 3 heterocycles. The molecule has 7 heteroatoms. The topological polar surface area (TPSA) is 65.6 Å². The second kappa shape index (κ2) is 7.46. The third-order valence-electron chi connectivity index (χ3n) is 5.44. The summed E-state index contributed by atoms with van der Waals surface area (Å²) in [4.78, 5) is 28.1. The van der Waals surface area contributed by atoms with Crippen molar-refractivity contribution in [3.8, 4) is 0 Å². The van der Waals surface area contributed by atoms with Crippen LogP contribution in [0.1, 0.15) is 25.2 Å². The highest BCUT2D eigenvalue weighted by molar-refractivity contribution is 6.30. The van der Waals surface area contributed by atoms with Gasteiger partial charge in [0, 0.05) is 11.6 Å². The summed E-state index contributed by atoms with van der Waals surface area (Å²) in [6.07, 6.45) is 0. The lowest BCUT2D eigenvalue weighted by atomic mass is 10.2. The van der Waals surface area contributed by atoms with Crippen molar-refractivity contribution in [2.45, 2.75) is 33.9 Å². The average molecular weight is 432 g/mol. The van der Waals surface area contributed by atoms with Crippen LogP contribution >= 0.6 is 11.6 Å². The van der Waals surface area contributed by atoms with E-state index in [0.29, 0.717) is 52.1 Å². The van der Waals surface area contributed by atoms with E-state index in [4.69, 9.17) is 26.6 Å². The maximum Gasteiger partial charge on any atom is 0.265 e. The first-order valence-electron chi connectivity index (χ1n) is 10.3. The van der Waals surface area contributed by atoms with E-state index < -0.39 is 0 Å². The number of nitrogens with zero attached hydrogens (tertiary/aromatic N) is 5. The van der Waals surface area contributed by atoms with E-state index in [0.717, 1.165) is 16.6 Å². The minimum Gasteiger partial charge on any atom is -0.304 e. The number of halogens is 1. The summed E-state index contributed by atoms with van der Waals surface area (Å²) in [5.41, 5.74) is 4.39. The fourth-order valence-electron chi connectivity index (χ4n) is 4.00. The molecule has 0 saturated carbocycles. The number of hydrogen-bond donors (Lipinski definition) is 0. The molecule has 0 saturated heterocycles. The molecule has 0 atom stereocenters. The SMILES string of the molecule is Cc1nc2c(c(=O)n1CC(C)C)c1nc3ccccc3nc1n2Cc1ccc(Cl)cc1. The summed E-state index contributed by atoms with van der Waals surface area (Å²) in [7, 11) is 0. The minimum atomic E-state index is -0.0689. The predicted octanol–water partition coefficient (Wildman–Crippen LogP) is 4.96. The molecule has 0 aliphatic heterocycles. The van der Waals surface area contributed by atoms with Crippen LogP contribution in [0.15, 0.2) is 53.3 Å². The Labute approximate surface area is 184 Å². The molecule has 0 spiro atoms.